The minimum atomic E-state index is -3.55. The van der Waals surface area contributed by atoms with Crippen LogP contribution in [0, 0.1) is 13.8 Å². The Kier molecular flexibility index (Phi) is 5.74. The van der Waals surface area contributed by atoms with E-state index in [1.54, 1.807) is 22.5 Å². The summed E-state index contributed by atoms with van der Waals surface area (Å²) in [5, 5.41) is 0.930. The highest BCUT2D eigenvalue weighted by molar-refractivity contribution is 7.89. The molecule has 9 nitrogen and oxygen atoms in total. The van der Waals surface area contributed by atoms with Crippen molar-refractivity contribution in [1.29, 1.82) is 0 Å². The zero-order chi connectivity index (χ0) is 22.3. The molecule has 32 heavy (non-hydrogen) atoms. The van der Waals surface area contributed by atoms with Crippen LogP contribution in [-0.4, -0.2) is 80.2 Å². The Hall–Kier alpha value is -2.34. The predicted molar refractivity (Wildman–Crippen MR) is 125 cm³/mol. The molecule has 1 aromatic carbocycles. The van der Waals surface area contributed by atoms with E-state index in [-0.39, 0.29) is 0 Å². The second-order valence-electron chi connectivity index (χ2n) is 7.98. The maximum absolute atomic E-state index is 13.2. The number of nitrogens with zero attached hydrogens (tertiary/aromatic N) is 6. The van der Waals surface area contributed by atoms with Crippen LogP contribution in [0.1, 0.15) is 10.8 Å². The van der Waals surface area contributed by atoms with Crippen molar-refractivity contribution in [3.8, 4) is 0 Å². The van der Waals surface area contributed by atoms with Crippen LogP contribution in [-0.2, 0) is 14.8 Å². The van der Waals surface area contributed by atoms with Gasteiger partial charge in [-0.05, 0) is 32.0 Å². The molecule has 2 saturated heterocycles. The van der Waals surface area contributed by atoms with Crippen LogP contribution in [0.3, 0.4) is 0 Å². The van der Waals surface area contributed by atoms with E-state index < -0.39 is 10.0 Å². The second kappa shape index (κ2) is 8.54. The number of rotatable bonds is 4. The van der Waals surface area contributed by atoms with Gasteiger partial charge in [-0.15, -0.1) is 11.3 Å². The average molecular weight is 475 g/mol. The van der Waals surface area contributed by atoms with Gasteiger partial charge in [0.2, 0.25) is 10.0 Å². The number of hydrogen-bond acceptors (Lipinski definition) is 9. The highest BCUT2D eigenvalue weighted by Gasteiger charge is 2.30. The summed E-state index contributed by atoms with van der Waals surface area (Å²) in [5.41, 5.74) is 0.839. The number of ether oxygens (including phenoxy) is 1. The van der Waals surface area contributed by atoms with E-state index in [2.05, 4.69) is 24.8 Å². The molecule has 0 amide bonds. The smallest absolute Gasteiger partial charge is 0.243 e. The fourth-order valence-corrected chi connectivity index (χ4v) is 6.53. The topological polar surface area (TPSA) is 91.8 Å². The molecule has 5 rings (SSSR count). The first-order valence-electron chi connectivity index (χ1n) is 10.7. The molecule has 0 aliphatic carbocycles. The lowest BCUT2D eigenvalue weighted by Crippen LogP contribution is -2.49. The van der Waals surface area contributed by atoms with Crippen molar-refractivity contribution in [2.45, 2.75) is 18.7 Å². The molecule has 0 spiro atoms. The third kappa shape index (κ3) is 4.17. The molecule has 0 unspecified atom stereocenters. The first-order chi connectivity index (χ1) is 15.4. The van der Waals surface area contributed by atoms with Crippen molar-refractivity contribution in [3.63, 3.8) is 0 Å². The largest absolute Gasteiger partial charge is 0.378 e. The Bertz CT molecular complexity index is 1230. The molecule has 4 heterocycles. The SMILES string of the molecule is Cc1nc(N2CCOCC2)cc(N2CCN(S(=O)(=O)c3ccc4nc(C)sc4c3)CC2)n1. The van der Waals surface area contributed by atoms with Gasteiger partial charge in [0.05, 0.1) is 33.3 Å². The fourth-order valence-electron chi connectivity index (χ4n) is 4.14. The first-order valence-corrected chi connectivity index (χ1v) is 13.0. The number of morpholine rings is 1. The number of aryl methyl sites for hydroxylation is 2. The van der Waals surface area contributed by atoms with Crippen molar-refractivity contribution >= 4 is 43.2 Å². The maximum atomic E-state index is 13.2. The monoisotopic (exact) mass is 474 g/mol. The number of sulfonamides is 1. The first kappa shape index (κ1) is 21.5. The van der Waals surface area contributed by atoms with Crippen molar-refractivity contribution in [1.82, 2.24) is 19.3 Å². The number of anilines is 2. The van der Waals surface area contributed by atoms with Crippen LogP contribution in [0.4, 0.5) is 11.6 Å². The van der Waals surface area contributed by atoms with Crippen molar-refractivity contribution < 1.29 is 13.2 Å². The standard InChI is InChI=1S/C21H26N6O3S2/c1-15-22-20(14-21(23-15)26-9-11-30-12-10-26)25-5-7-27(8-6-25)32(28,29)17-3-4-18-19(13-17)31-16(2)24-18/h3-4,13-14H,5-12H2,1-2H3. The summed E-state index contributed by atoms with van der Waals surface area (Å²) in [6, 6.07) is 7.19. The molecule has 170 valence electrons. The van der Waals surface area contributed by atoms with Crippen LogP contribution in [0.2, 0.25) is 0 Å². The lowest BCUT2D eigenvalue weighted by molar-refractivity contribution is 0.122. The van der Waals surface area contributed by atoms with Gasteiger partial charge in [0.25, 0.3) is 0 Å². The van der Waals surface area contributed by atoms with Gasteiger partial charge >= 0.3 is 0 Å². The van der Waals surface area contributed by atoms with Crippen molar-refractivity contribution in [3.05, 3.63) is 35.1 Å². The Morgan fingerprint density at radius 1 is 0.875 bits per heavy atom. The molecule has 0 atom stereocenters. The van der Waals surface area contributed by atoms with Crippen LogP contribution in [0.25, 0.3) is 10.2 Å². The minimum Gasteiger partial charge on any atom is -0.378 e. The molecule has 2 aliphatic rings. The quantitative estimate of drug-likeness (QED) is 0.567. The third-order valence-electron chi connectivity index (χ3n) is 5.81. The summed E-state index contributed by atoms with van der Waals surface area (Å²) in [7, 11) is -3.55. The Morgan fingerprint density at radius 2 is 1.53 bits per heavy atom. The number of fused-ring (bicyclic) bond motifs is 1. The molecule has 0 N–H and O–H groups in total. The van der Waals surface area contributed by atoms with Gasteiger partial charge < -0.3 is 14.5 Å². The van der Waals surface area contributed by atoms with E-state index in [9.17, 15) is 8.42 Å². The fraction of sp³-hybridized carbons (Fsp3) is 0.476. The molecule has 0 bridgehead atoms. The molecule has 3 aromatic rings. The zero-order valence-corrected chi connectivity index (χ0v) is 19.8. The summed E-state index contributed by atoms with van der Waals surface area (Å²) < 4.78 is 34.4. The number of piperazine rings is 1. The number of hydrogen-bond donors (Lipinski definition) is 0. The van der Waals surface area contributed by atoms with Gasteiger partial charge in [0.1, 0.15) is 17.5 Å². The van der Waals surface area contributed by atoms with E-state index in [0.717, 1.165) is 39.9 Å². The molecular weight excluding hydrogens is 448 g/mol. The maximum Gasteiger partial charge on any atom is 0.243 e. The summed E-state index contributed by atoms with van der Waals surface area (Å²) in [6.45, 7) is 8.83. The number of thiazole rings is 1. The minimum absolute atomic E-state index is 0.328. The van der Waals surface area contributed by atoms with Crippen LogP contribution < -0.4 is 9.80 Å². The summed E-state index contributed by atoms with van der Waals surface area (Å²) in [6.07, 6.45) is 0. The van der Waals surface area contributed by atoms with Gasteiger partial charge in [-0.3, -0.25) is 0 Å². The summed E-state index contributed by atoms with van der Waals surface area (Å²) >= 11 is 1.51. The lowest BCUT2D eigenvalue weighted by atomic mass is 10.3. The van der Waals surface area contributed by atoms with E-state index in [0.29, 0.717) is 50.1 Å². The van der Waals surface area contributed by atoms with Crippen LogP contribution >= 0.6 is 11.3 Å². The highest BCUT2D eigenvalue weighted by atomic mass is 32.2. The molecule has 0 saturated carbocycles. The van der Waals surface area contributed by atoms with Crippen LogP contribution in [0.15, 0.2) is 29.2 Å². The predicted octanol–water partition coefficient (Wildman–Crippen LogP) is 2.05. The summed E-state index contributed by atoms with van der Waals surface area (Å²) in [4.78, 5) is 18.3. The molecule has 2 aromatic heterocycles. The van der Waals surface area contributed by atoms with E-state index >= 15 is 0 Å². The number of aromatic nitrogens is 3. The van der Waals surface area contributed by atoms with Gasteiger partial charge in [0.15, 0.2) is 0 Å². The van der Waals surface area contributed by atoms with E-state index in [4.69, 9.17) is 4.74 Å². The van der Waals surface area contributed by atoms with Gasteiger partial charge in [-0.2, -0.15) is 4.31 Å². The molecule has 11 heteroatoms. The zero-order valence-electron chi connectivity index (χ0n) is 18.2. The van der Waals surface area contributed by atoms with Crippen molar-refractivity contribution in [2.75, 3.05) is 62.3 Å². The lowest BCUT2D eigenvalue weighted by Gasteiger charge is -2.35. The van der Waals surface area contributed by atoms with Gasteiger partial charge in [-0.1, -0.05) is 0 Å². The van der Waals surface area contributed by atoms with E-state index in [1.165, 1.54) is 11.3 Å². The molecule has 0 radical (unpaired) electrons. The Morgan fingerprint density at radius 3 is 2.22 bits per heavy atom. The number of benzene rings is 1. The average Bonchev–Trinajstić information content (AvgIpc) is 3.18. The molecule has 2 fully saturated rings. The third-order valence-corrected chi connectivity index (χ3v) is 8.64. The van der Waals surface area contributed by atoms with E-state index in [1.807, 2.05) is 19.9 Å². The Labute approximate surface area is 191 Å². The van der Waals surface area contributed by atoms with Crippen molar-refractivity contribution in [2.24, 2.45) is 0 Å². The highest BCUT2D eigenvalue weighted by Crippen LogP contribution is 2.27. The molecule has 2 aliphatic heterocycles. The second-order valence-corrected chi connectivity index (χ2v) is 11.2. The normalized spacial score (nSPS) is 18.4. The summed E-state index contributed by atoms with van der Waals surface area (Å²) in [5.74, 6) is 2.46. The van der Waals surface area contributed by atoms with Gasteiger partial charge in [-0.25, -0.2) is 23.4 Å². The van der Waals surface area contributed by atoms with Gasteiger partial charge in [0, 0.05) is 45.3 Å². The molecular formula is C21H26N6O3S2. The Balaban J connectivity index is 1.31. The van der Waals surface area contributed by atoms with Crippen LogP contribution in [0.5, 0.6) is 0 Å².